The Hall–Kier alpha value is -1.17. The second kappa shape index (κ2) is 5.55. The summed E-state index contributed by atoms with van der Waals surface area (Å²) in [6.45, 7) is 8.15. The van der Waals surface area contributed by atoms with Gasteiger partial charge in [-0.15, -0.1) is 0 Å². The number of benzene rings is 1. The first-order valence-electron chi connectivity index (χ1n) is 7.20. The molecule has 0 spiro atoms. The molecule has 1 aliphatic rings. The lowest BCUT2D eigenvalue weighted by Gasteiger charge is -2.33. The van der Waals surface area contributed by atoms with Gasteiger partial charge in [-0.1, -0.05) is 6.07 Å². The summed E-state index contributed by atoms with van der Waals surface area (Å²) in [6.07, 6.45) is 0.806. The molecule has 2 rings (SSSR count). The minimum atomic E-state index is -0.382. The fourth-order valence-corrected chi connectivity index (χ4v) is 3.43. The van der Waals surface area contributed by atoms with E-state index < -0.39 is 0 Å². The van der Waals surface area contributed by atoms with Crippen LogP contribution in [0.4, 0.5) is 4.39 Å². The van der Waals surface area contributed by atoms with Crippen LogP contribution in [0.1, 0.15) is 45.7 Å². The zero-order chi connectivity index (χ0) is 15.8. The molecule has 0 amide bonds. The summed E-state index contributed by atoms with van der Waals surface area (Å²) < 4.78 is 25.5. The van der Waals surface area contributed by atoms with Crippen molar-refractivity contribution in [3.63, 3.8) is 0 Å². The second-order valence-corrected chi connectivity index (χ2v) is 6.81. The van der Waals surface area contributed by atoms with Gasteiger partial charge in [-0.05, 0) is 40.2 Å². The number of nitrogens with one attached hydrogen (secondary N) is 1. The average molecular weight is 296 g/mol. The number of nitrogens with two attached hydrogens (primary N) is 1. The van der Waals surface area contributed by atoms with Crippen LogP contribution in [0, 0.1) is 11.7 Å². The summed E-state index contributed by atoms with van der Waals surface area (Å²) in [7, 11) is 1.52. The van der Waals surface area contributed by atoms with E-state index in [1.165, 1.54) is 13.2 Å². The van der Waals surface area contributed by atoms with Gasteiger partial charge in [0.2, 0.25) is 0 Å². The Morgan fingerprint density at radius 1 is 1.38 bits per heavy atom. The fraction of sp³-hybridized carbons (Fsp3) is 0.625. The number of rotatable bonds is 4. The largest absolute Gasteiger partial charge is 0.497 e. The molecule has 21 heavy (non-hydrogen) atoms. The molecule has 0 aliphatic carbocycles. The van der Waals surface area contributed by atoms with Crippen LogP contribution in [-0.4, -0.2) is 18.3 Å². The van der Waals surface area contributed by atoms with Crippen LogP contribution in [0.15, 0.2) is 18.2 Å². The normalized spacial score (nSPS) is 24.8. The highest BCUT2D eigenvalue weighted by molar-refractivity contribution is 5.32. The first-order chi connectivity index (χ1) is 9.70. The minimum Gasteiger partial charge on any atom is -0.497 e. The fourth-order valence-electron chi connectivity index (χ4n) is 3.43. The van der Waals surface area contributed by atoms with Crippen LogP contribution in [-0.2, 0) is 4.74 Å². The van der Waals surface area contributed by atoms with Gasteiger partial charge < -0.3 is 9.47 Å². The lowest BCUT2D eigenvalue weighted by atomic mass is 9.79. The van der Waals surface area contributed by atoms with Gasteiger partial charge >= 0.3 is 0 Å². The predicted octanol–water partition coefficient (Wildman–Crippen LogP) is 2.93. The Morgan fingerprint density at radius 3 is 2.48 bits per heavy atom. The topological polar surface area (TPSA) is 56.5 Å². The minimum absolute atomic E-state index is 0.0698. The summed E-state index contributed by atoms with van der Waals surface area (Å²) in [4.78, 5) is 0. The molecular formula is C16H25FN2O2. The molecule has 1 aromatic carbocycles. The molecule has 0 saturated carbocycles. The van der Waals surface area contributed by atoms with Gasteiger partial charge in [0.05, 0.1) is 24.4 Å². The van der Waals surface area contributed by atoms with Crippen molar-refractivity contribution < 1.29 is 13.9 Å². The van der Waals surface area contributed by atoms with Crippen molar-refractivity contribution in [1.82, 2.24) is 5.43 Å². The molecule has 4 nitrogen and oxygen atoms in total. The van der Waals surface area contributed by atoms with Crippen molar-refractivity contribution in [2.75, 3.05) is 7.11 Å². The van der Waals surface area contributed by atoms with E-state index in [1.54, 1.807) is 12.1 Å². The summed E-state index contributed by atoms with van der Waals surface area (Å²) in [6, 6.07) is 4.54. The van der Waals surface area contributed by atoms with E-state index in [1.807, 2.05) is 27.7 Å². The van der Waals surface area contributed by atoms with Crippen molar-refractivity contribution in [3.8, 4) is 5.75 Å². The Morgan fingerprint density at radius 2 is 2.05 bits per heavy atom. The van der Waals surface area contributed by atoms with E-state index in [0.29, 0.717) is 11.3 Å². The molecule has 0 radical (unpaired) electrons. The monoisotopic (exact) mass is 296 g/mol. The first kappa shape index (κ1) is 16.2. The smallest absolute Gasteiger partial charge is 0.131 e. The maximum absolute atomic E-state index is 14.4. The summed E-state index contributed by atoms with van der Waals surface area (Å²) in [5, 5.41) is 0. The lowest BCUT2D eigenvalue weighted by molar-refractivity contribution is -0.0779. The van der Waals surface area contributed by atoms with Gasteiger partial charge in [-0.25, -0.2) is 4.39 Å². The van der Waals surface area contributed by atoms with E-state index in [9.17, 15) is 4.39 Å². The van der Waals surface area contributed by atoms with Gasteiger partial charge in [-0.3, -0.25) is 11.3 Å². The number of hydrogen-bond donors (Lipinski definition) is 2. The zero-order valence-electron chi connectivity index (χ0n) is 13.4. The van der Waals surface area contributed by atoms with Gasteiger partial charge in [0, 0.05) is 17.5 Å². The molecule has 5 heteroatoms. The van der Waals surface area contributed by atoms with Gasteiger partial charge in [0.15, 0.2) is 0 Å². The highest BCUT2D eigenvalue weighted by Crippen LogP contribution is 2.47. The van der Waals surface area contributed by atoms with Gasteiger partial charge in [0.1, 0.15) is 11.6 Å². The van der Waals surface area contributed by atoms with Crippen molar-refractivity contribution in [1.29, 1.82) is 0 Å². The van der Waals surface area contributed by atoms with Crippen LogP contribution in [0.3, 0.4) is 0 Å². The van der Waals surface area contributed by atoms with Crippen molar-refractivity contribution >= 4 is 0 Å². The van der Waals surface area contributed by atoms with Crippen LogP contribution >= 0.6 is 0 Å². The van der Waals surface area contributed by atoms with E-state index in [-0.39, 0.29) is 29.0 Å². The summed E-state index contributed by atoms with van der Waals surface area (Å²) in [5.74, 6) is 5.97. The van der Waals surface area contributed by atoms with E-state index in [2.05, 4.69) is 5.43 Å². The highest BCUT2D eigenvalue weighted by atomic mass is 19.1. The molecular weight excluding hydrogens is 271 g/mol. The number of ether oxygens (including phenoxy) is 2. The maximum Gasteiger partial charge on any atom is 0.131 e. The molecule has 3 N–H and O–H groups in total. The molecule has 2 atom stereocenters. The number of hydrazine groups is 1. The molecule has 1 fully saturated rings. The van der Waals surface area contributed by atoms with Gasteiger partial charge in [0.25, 0.3) is 0 Å². The number of halogens is 1. The third-order valence-electron chi connectivity index (χ3n) is 4.27. The van der Waals surface area contributed by atoms with Gasteiger partial charge in [-0.2, -0.15) is 0 Å². The quantitative estimate of drug-likeness (QED) is 0.662. The average Bonchev–Trinajstić information content (AvgIpc) is 2.60. The first-order valence-corrected chi connectivity index (χ1v) is 7.20. The summed E-state index contributed by atoms with van der Waals surface area (Å²) in [5.41, 5.74) is 2.68. The van der Waals surface area contributed by atoms with Crippen LogP contribution in [0.5, 0.6) is 5.75 Å². The van der Waals surface area contributed by atoms with Crippen LogP contribution < -0.4 is 16.0 Å². The molecule has 1 aromatic rings. The Labute approximate surface area is 125 Å². The highest BCUT2D eigenvalue weighted by Gasteiger charge is 2.49. The van der Waals surface area contributed by atoms with Crippen molar-refractivity contribution in [2.45, 2.75) is 51.4 Å². The maximum atomic E-state index is 14.4. The van der Waals surface area contributed by atoms with Crippen LogP contribution in [0.2, 0.25) is 0 Å². The van der Waals surface area contributed by atoms with Crippen LogP contribution in [0.25, 0.3) is 0 Å². The lowest BCUT2D eigenvalue weighted by Crippen LogP contribution is -2.41. The van der Waals surface area contributed by atoms with E-state index in [0.717, 1.165) is 6.42 Å². The molecule has 0 aromatic heterocycles. The van der Waals surface area contributed by atoms with E-state index in [4.69, 9.17) is 15.3 Å². The number of methoxy groups -OCH3 is 1. The molecule has 1 heterocycles. The third kappa shape index (κ3) is 3.20. The number of hydrogen-bond acceptors (Lipinski definition) is 4. The van der Waals surface area contributed by atoms with Crippen molar-refractivity contribution in [3.05, 3.63) is 29.6 Å². The molecule has 2 unspecified atom stereocenters. The predicted molar refractivity (Wildman–Crippen MR) is 80.4 cm³/mol. The second-order valence-electron chi connectivity index (χ2n) is 6.81. The molecule has 1 aliphatic heterocycles. The molecule has 1 saturated heterocycles. The third-order valence-corrected chi connectivity index (χ3v) is 4.27. The zero-order valence-corrected chi connectivity index (χ0v) is 13.4. The molecule has 0 bridgehead atoms. The SMILES string of the molecule is COc1ccc(C(NN)C2CC(C)(C)OC2(C)C)c(F)c1. The van der Waals surface area contributed by atoms with E-state index >= 15 is 0 Å². The molecule has 118 valence electrons. The Balaban J connectivity index is 2.36. The van der Waals surface area contributed by atoms with Crippen molar-refractivity contribution in [2.24, 2.45) is 11.8 Å². The Bertz CT molecular complexity index is 517. The summed E-state index contributed by atoms with van der Waals surface area (Å²) >= 11 is 0. The Kier molecular flexibility index (Phi) is 4.29. The standard InChI is InChI=1S/C16H25FN2O2/c1-15(2)9-12(16(3,4)21-15)14(19-18)11-7-6-10(20-5)8-13(11)17/h6-8,12,14,19H,9,18H2,1-5H3.